The Morgan fingerprint density at radius 3 is 2.71 bits per heavy atom. The topological polar surface area (TPSA) is 58.6 Å². The smallest absolute Gasteiger partial charge is 0.418 e. The molecule has 0 spiro atoms. The number of carbonyl (C=O) groups is 2. The molecular formula is C13H13F3N2O3. The number of anilines is 1. The van der Waals surface area contributed by atoms with Gasteiger partial charge < -0.3 is 10.1 Å². The summed E-state index contributed by atoms with van der Waals surface area (Å²) < 4.78 is 43.1. The monoisotopic (exact) mass is 302 g/mol. The van der Waals surface area contributed by atoms with Gasteiger partial charge in [-0.1, -0.05) is 12.1 Å². The average molecular weight is 302 g/mol. The second-order valence-electron chi connectivity index (χ2n) is 4.48. The van der Waals surface area contributed by atoms with E-state index in [1.54, 1.807) is 0 Å². The fourth-order valence-corrected chi connectivity index (χ4v) is 1.94. The zero-order valence-electron chi connectivity index (χ0n) is 10.9. The van der Waals surface area contributed by atoms with E-state index in [2.05, 4.69) is 5.32 Å². The van der Waals surface area contributed by atoms with Crippen LogP contribution in [0.4, 0.5) is 23.7 Å². The third-order valence-corrected chi connectivity index (χ3v) is 2.90. The Morgan fingerprint density at radius 2 is 2.05 bits per heavy atom. The van der Waals surface area contributed by atoms with E-state index < -0.39 is 23.7 Å². The molecule has 1 aromatic carbocycles. The standard InChI is InChI=1S/C13H13F3N2O3/c14-13(15,16)9-4-1-2-5-10(9)17-11(19)8-18-6-3-7-21-12(18)20/h1-2,4-5H,3,6-8H2,(H,17,19). The van der Waals surface area contributed by atoms with E-state index in [-0.39, 0.29) is 18.8 Å². The first-order chi connectivity index (χ1) is 9.88. The van der Waals surface area contributed by atoms with Crippen LogP contribution in [-0.4, -0.2) is 36.6 Å². The third kappa shape index (κ3) is 3.87. The van der Waals surface area contributed by atoms with E-state index in [9.17, 15) is 22.8 Å². The number of nitrogens with zero attached hydrogens (tertiary/aromatic N) is 1. The van der Waals surface area contributed by atoms with Gasteiger partial charge in [0.05, 0.1) is 17.9 Å². The maximum absolute atomic E-state index is 12.8. The van der Waals surface area contributed by atoms with Gasteiger partial charge in [-0.3, -0.25) is 9.69 Å². The van der Waals surface area contributed by atoms with Crippen molar-refractivity contribution in [3.8, 4) is 0 Å². The molecule has 2 rings (SSSR count). The van der Waals surface area contributed by atoms with Gasteiger partial charge in [0.15, 0.2) is 0 Å². The number of rotatable bonds is 3. The number of para-hydroxylation sites is 1. The molecule has 0 saturated carbocycles. The van der Waals surface area contributed by atoms with Crippen LogP contribution < -0.4 is 5.32 Å². The maximum Gasteiger partial charge on any atom is 0.418 e. The summed E-state index contributed by atoms with van der Waals surface area (Å²) in [5.74, 6) is -0.703. The molecule has 0 unspecified atom stereocenters. The van der Waals surface area contributed by atoms with Crippen LogP contribution in [0, 0.1) is 0 Å². The zero-order chi connectivity index (χ0) is 15.5. The molecule has 1 aliphatic heterocycles. The fourth-order valence-electron chi connectivity index (χ4n) is 1.94. The number of ether oxygens (including phenoxy) is 1. The van der Waals surface area contributed by atoms with Gasteiger partial charge in [-0.15, -0.1) is 0 Å². The summed E-state index contributed by atoms with van der Waals surface area (Å²) >= 11 is 0. The van der Waals surface area contributed by atoms with E-state index in [0.717, 1.165) is 17.0 Å². The molecule has 1 aromatic rings. The lowest BCUT2D eigenvalue weighted by molar-refractivity contribution is -0.137. The lowest BCUT2D eigenvalue weighted by atomic mass is 10.1. The normalized spacial score (nSPS) is 15.6. The summed E-state index contributed by atoms with van der Waals surface area (Å²) in [5.41, 5.74) is -1.26. The van der Waals surface area contributed by atoms with Crippen LogP contribution in [0.15, 0.2) is 24.3 Å². The van der Waals surface area contributed by atoms with Gasteiger partial charge in [-0.2, -0.15) is 13.2 Å². The first kappa shape index (κ1) is 15.1. The van der Waals surface area contributed by atoms with Crippen molar-refractivity contribution in [3.05, 3.63) is 29.8 Å². The molecule has 2 amide bonds. The van der Waals surface area contributed by atoms with Crippen molar-refractivity contribution in [2.24, 2.45) is 0 Å². The fraction of sp³-hybridized carbons (Fsp3) is 0.385. The molecule has 0 aliphatic carbocycles. The summed E-state index contributed by atoms with van der Waals surface area (Å²) in [6.07, 6.45) is -4.62. The number of nitrogens with one attached hydrogen (secondary N) is 1. The van der Waals surface area contributed by atoms with Crippen molar-refractivity contribution < 1.29 is 27.5 Å². The van der Waals surface area contributed by atoms with Crippen LogP contribution in [0.5, 0.6) is 0 Å². The largest absolute Gasteiger partial charge is 0.449 e. The van der Waals surface area contributed by atoms with E-state index in [1.165, 1.54) is 12.1 Å². The van der Waals surface area contributed by atoms with Crippen LogP contribution in [0.25, 0.3) is 0 Å². The summed E-state index contributed by atoms with van der Waals surface area (Å²) in [6.45, 7) is 0.284. The molecule has 114 valence electrons. The molecule has 1 heterocycles. The van der Waals surface area contributed by atoms with E-state index >= 15 is 0 Å². The van der Waals surface area contributed by atoms with Crippen LogP contribution in [-0.2, 0) is 15.7 Å². The first-order valence-electron chi connectivity index (χ1n) is 6.25. The molecule has 0 radical (unpaired) electrons. The Hall–Kier alpha value is -2.25. The zero-order valence-corrected chi connectivity index (χ0v) is 10.9. The highest BCUT2D eigenvalue weighted by atomic mass is 19.4. The van der Waals surface area contributed by atoms with Crippen molar-refractivity contribution >= 4 is 17.7 Å². The number of alkyl halides is 3. The Labute approximate surface area is 118 Å². The molecule has 1 saturated heterocycles. The predicted octanol–water partition coefficient (Wildman–Crippen LogP) is 2.49. The molecule has 0 atom stereocenters. The van der Waals surface area contributed by atoms with Gasteiger partial charge in [-0.25, -0.2) is 4.79 Å². The van der Waals surface area contributed by atoms with Gasteiger partial charge in [-0.05, 0) is 18.6 Å². The molecule has 5 nitrogen and oxygen atoms in total. The van der Waals surface area contributed by atoms with Crippen LogP contribution in [0.1, 0.15) is 12.0 Å². The quantitative estimate of drug-likeness (QED) is 0.933. The number of hydrogen-bond acceptors (Lipinski definition) is 3. The Kier molecular flexibility index (Phi) is 4.35. The molecule has 1 aliphatic rings. The predicted molar refractivity (Wildman–Crippen MR) is 67.6 cm³/mol. The summed E-state index contributed by atoms with van der Waals surface area (Å²) in [7, 11) is 0. The summed E-state index contributed by atoms with van der Waals surface area (Å²) in [5, 5.41) is 2.18. The second-order valence-corrected chi connectivity index (χ2v) is 4.48. The highest BCUT2D eigenvalue weighted by Crippen LogP contribution is 2.34. The van der Waals surface area contributed by atoms with Gasteiger partial charge in [0.2, 0.25) is 5.91 Å². The van der Waals surface area contributed by atoms with Crippen LogP contribution >= 0.6 is 0 Å². The molecular weight excluding hydrogens is 289 g/mol. The van der Waals surface area contributed by atoms with Crippen molar-refractivity contribution in [2.45, 2.75) is 12.6 Å². The molecule has 21 heavy (non-hydrogen) atoms. The number of carbonyl (C=O) groups excluding carboxylic acids is 2. The van der Waals surface area contributed by atoms with Crippen LogP contribution in [0.3, 0.4) is 0 Å². The van der Waals surface area contributed by atoms with E-state index in [1.807, 2.05) is 0 Å². The first-order valence-corrected chi connectivity index (χ1v) is 6.25. The van der Waals surface area contributed by atoms with Crippen molar-refractivity contribution in [3.63, 3.8) is 0 Å². The van der Waals surface area contributed by atoms with Gasteiger partial charge in [0.1, 0.15) is 6.54 Å². The molecule has 8 heteroatoms. The highest BCUT2D eigenvalue weighted by Gasteiger charge is 2.33. The minimum Gasteiger partial charge on any atom is -0.449 e. The molecule has 0 bridgehead atoms. The number of cyclic esters (lactones) is 1. The van der Waals surface area contributed by atoms with Gasteiger partial charge >= 0.3 is 12.3 Å². The maximum atomic E-state index is 12.8. The number of benzene rings is 1. The van der Waals surface area contributed by atoms with Crippen LogP contribution in [0.2, 0.25) is 0 Å². The minimum absolute atomic E-state index is 0.286. The number of hydrogen-bond donors (Lipinski definition) is 1. The van der Waals surface area contributed by atoms with Gasteiger partial charge in [0, 0.05) is 6.54 Å². The van der Waals surface area contributed by atoms with E-state index in [0.29, 0.717) is 13.0 Å². The summed E-state index contributed by atoms with van der Waals surface area (Å²) in [6, 6.07) is 4.67. The van der Waals surface area contributed by atoms with E-state index in [4.69, 9.17) is 4.74 Å². The molecule has 1 fully saturated rings. The Bertz CT molecular complexity index is 546. The minimum atomic E-state index is -4.56. The Balaban J connectivity index is 2.05. The van der Waals surface area contributed by atoms with Gasteiger partial charge in [0.25, 0.3) is 0 Å². The number of halogens is 3. The highest BCUT2D eigenvalue weighted by molar-refractivity contribution is 5.94. The second kappa shape index (κ2) is 6.02. The van der Waals surface area contributed by atoms with Crippen molar-refractivity contribution in [2.75, 3.05) is 25.0 Å². The average Bonchev–Trinajstić information content (AvgIpc) is 2.41. The lowest BCUT2D eigenvalue weighted by Gasteiger charge is -2.25. The van der Waals surface area contributed by atoms with Crippen molar-refractivity contribution in [1.82, 2.24) is 4.90 Å². The third-order valence-electron chi connectivity index (χ3n) is 2.90. The number of amides is 2. The Morgan fingerprint density at radius 1 is 1.33 bits per heavy atom. The summed E-state index contributed by atoms with van der Waals surface area (Å²) in [4.78, 5) is 24.3. The SMILES string of the molecule is O=C(CN1CCCOC1=O)Nc1ccccc1C(F)(F)F. The molecule has 0 aromatic heterocycles. The molecule has 1 N–H and O–H groups in total. The lowest BCUT2D eigenvalue weighted by Crippen LogP contribution is -2.42. The van der Waals surface area contributed by atoms with Crippen molar-refractivity contribution in [1.29, 1.82) is 0 Å².